The van der Waals surface area contributed by atoms with E-state index in [4.69, 9.17) is 5.73 Å². The molecular weight excluding hydrogens is 104 g/mol. The van der Waals surface area contributed by atoms with Crippen molar-refractivity contribution in [3.8, 4) is 5.88 Å². The topological polar surface area (TPSA) is 58.8 Å². The minimum absolute atomic E-state index is 0.201. The van der Waals surface area contributed by atoms with E-state index in [1.807, 2.05) is 0 Å². The van der Waals surface area contributed by atoms with E-state index in [0.29, 0.717) is 0 Å². The van der Waals surface area contributed by atoms with Gasteiger partial charge in [-0.3, -0.25) is 5.11 Å². The number of nitrogens with two attached hydrogens (primary N) is 1. The third-order valence-corrected chi connectivity index (χ3v) is 0.801. The lowest BCUT2D eigenvalue weighted by molar-refractivity contribution is 0.340. The van der Waals surface area contributed by atoms with Gasteiger partial charge < -0.3 is 5.73 Å². The fourth-order valence-electron chi connectivity index (χ4n) is 0.403. The fraction of sp³-hybridized carbons (Fsp3) is 0. The highest BCUT2D eigenvalue weighted by atomic mass is 16.3. The molecule has 1 radical (unpaired) electrons. The molecule has 0 aliphatic rings. The van der Waals surface area contributed by atoms with E-state index in [2.05, 4.69) is 4.98 Å². The Labute approximate surface area is 46.8 Å². The summed E-state index contributed by atoms with van der Waals surface area (Å²) in [6, 6.07) is 3.14. The van der Waals surface area contributed by atoms with Gasteiger partial charge in [-0.1, -0.05) is 0 Å². The lowest BCUT2D eigenvalue weighted by atomic mass is 10.4. The highest BCUT2D eigenvalue weighted by Crippen LogP contribution is 2.12. The summed E-state index contributed by atoms with van der Waals surface area (Å²) >= 11 is 0. The second-order valence-electron chi connectivity index (χ2n) is 1.40. The van der Waals surface area contributed by atoms with E-state index in [1.165, 1.54) is 12.3 Å². The number of anilines is 1. The normalized spacial score (nSPS) is 9.00. The van der Waals surface area contributed by atoms with Gasteiger partial charge in [-0.25, -0.2) is 4.98 Å². The highest BCUT2D eigenvalue weighted by molar-refractivity contribution is 5.45. The molecule has 1 heterocycles. The van der Waals surface area contributed by atoms with Gasteiger partial charge in [0.2, 0.25) is 0 Å². The smallest absolute Gasteiger partial charge is 0.292 e. The van der Waals surface area contributed by atoms with Crippen molar-refractivity contribution in [2.75, 3.05) is 5.73 Å². The molecule has 0 aromatic carbocycles. The summed E-state index contributed by atoms with van der Waals surface area (Å²) in [4.78, 5) is 3.40. The third kappa shape index (κ3) is 0.703. The van der Waals surface area contributed by atoms with Crippen LogP contribution in [0.4, 0.5) is 5.69 Å². The average molecular weight is 109 g/mol. The standard InChI is InChI=1S/C5H5N2O/c6-4-2-1-3-7-5(4)8/h1-3H,6H2. The molecule has 0 spiro atoms. The van der Waals surface area contributed by atoms with Crippen molar-refractivity contribution in [2.45, 2.75) is 0 Å². The lowest BCUT2D eigenvalue weighted by Gasteiger charge is -1.87. The van der Waals surface area contributed by atoms with Gasteiger partial charge in [0.1, 0.15) is 0 Å². The van der Waals surface area contributed by atoms with Gasteiger partial charge in [0.05, 0.1) is 5.69 Å². The molecule has 41 valence electrons. The van der Waals surface area contributed by atoms with E-state index < -0.39 is 0 Å². The second-order valence-corrected chi connectivity index (χ2v) is 1.40. The molecule has 0 atom stereocenters. The quantitative estimate of drug-likeness (QED) is 0.535. The largest absolute Gasteiger partial charge is 0.394 e. The van der Waals surface area contributed by atoms with Gasteiger partial charge >= 0.3 is 0 Å². The second kappa shape index (κ2) is 1.69. The van der Waals surface area contributed by atoms with E-state index in [0.717, 1.165) is 0 Å². The molecule has 8 heavy (non-hydrogen) atoms. The molecule has 0 unspecified atom stereocenters. The van der Waals surface area contributed by atoms with Crippen molar-refractivity contribution in [3.63, 3.8) is 0 Å². The zero-order valence-corrected chi connectivity index (χ0v) is 4.16. The summed E-state index contributed by atoms with van der Waals surface area (Å²) in [5.74, 6) is -0.354. The molecule has 1 rings (SSSR count). The molecular formula is C5H5N2O. The first-order valence-electron chi connectivity index (χ1n) is 2.18. The first kappa shape index (κ1) is 4.90. The number of aromatic nitrogens is 1. The van der Waals surface area contributed by atoms with Crippen LogP contribution in [0.2, 0.25) is 0 Å². The van der Waals surface area contributed by atoms with Crippen LogP contribution in [0.25, 0.3) is 0 Å². The van der Waals surface area contributed by atoms with Gasteiger partial charge in [0.25, 0.3) is 5.88 Å². The summed E-state index contributed by atoms with van der Waals surface area (Å²) in [6.45, 7) is 0. The van der Waals surface area contributed by atoms with Crippen LogP contribution < -0.4 is 5.73 Å². The molecule has 1 aromatic heterocycles. The van der Waals surface area contributed by atoms with Crippen LogP contribution in [-0.2, 0) is 5.11 Å². The Morgan fingerprint density at radius 3 is 2.75 bits per heavy atom. The Hall–Kier alpha value is -1.25. The van der Waals surface area contributed by atoms with Gasteiger partial charge in [-0.2, -0.15) is 0 Å². The molecule has 0 aliphatic carbocycles. The van der Waals surface area contributed by atoms with Crippen molar-refractivity contribution < 1.29 is 5.11 Å². The maximum absolute atomic E-state index is 10.4. The Balaban J connectivity index is 3.13. The highest BCUT2D eigenvalue weighted by Gasteiger charge is 1.93. The predicted molar refractivity (Wildman–Crippen MR) is 28.8 cm³/mol. The number of hydrogen-bond donors (Lipinski definition) is 1. The summed E-state index contributed by atoms with van der Waals surface area (Å²) in [5.41, 5.74) is 5.35. The third-order valence-electron chi connectivity index (χ3n) is 0.801. The van der Waals surface area contributed by atoms with Crippen molar-refractivity contribution in [2.24, 2.45) is 0 Å². The van der Waals surface area contributed by atoms with Crippen LogP contribution in [0, 0.1) is 0 Å². The molecule has 3 heteroatoms. The van der Waals surface area contributed by atoms with Crippen LogP contribution in [0.3, 0.4) is 0 Å². The van der Waals surface area contributed by atoms with E-state index >= 15 is 0 Å². The monoisotopic (exact) mass is 109 g/mol. The summed E-state index contributed by atoms with van der Waals surface area (Å²) in [5, 5.41) is 10.4. The molecule has 3 nitrogen and oxygen atoms in total. The molecule has 0 saturated carbocycles. The van der Waals surface area contributed by atoms with Gasteiger partial charge in [0, 0.05) is 6.20 Å². The molecule has 0 fully saturated rings. The zero-order chi connectivity index (χ0) is 5.98. The predicted octanol–water partition coefficient (Wildman–Crippen LogP) is 0.808. The molecule has 0 amide bonds. The molecule has 0 aliphatic heterocycles. The van der Waals surface area contributed by atoms with Gasteiger partial charge in [0.15, 0.2) is 0 Å². The van der Waals surface area contributed by atoms with Crippen molar-refractivity contribution in [1.82, 2.24) is 4.98 Å². The van der Waals surface area contributed by atoms with Crippen molar-refractivity contribution in [3.05, 3.63) is 18.3 Å². The number of nitrogen functional groups attached to an aromatic ring is 1. The summed E-state index contributed by atoms with van der Waals surface area (Å²) in [6.07, 6.45) is 1.42. The molecule has 2 N–H and O–H groups in total. The van der Waals surface area contributed by atoms with Crippen LogP contribution in [0.1, 0.15) is 0 Å². The van der Waals surface area contributed by atoms with Gasteiger partial charge in [-0.15, -0.1) is 0 Å². The van der Waals surface area contributed by atoms with Crippen LogP contribution in [0.15, 0.2) is 18.3 Å². The Morgan fingerprint density at radius 1 is 1.62 bits per heavy atom. The number of nitrogens with zero attached hydrogens (tertiary/aromatic N) is 1. The van der Waals surface area contributed by atoms with Crippen molar-refractivity contribution in [1.29, 1.82) is 0 Å². The van der Waals surface area contributed by atoms with E-state index in [1.54, 1.807) is 6.07 Å². The Morgan fingerprint density at radius 2 is 2.38 bits per heavy atom. The summed E-state index contributed by atoms with van der Waals surface area (Å²) in [7, 11) is 0. The maximum atomic E-state index is 10.4. The fourth-order valence-corrected chi connectivity index (χ4v) is 0.403. The number of rotatable bonds is 0. The minimum Gasteiger partial charge on any atom is -0.394 e. The van der Waals surface area contributed by atoms with E-state index in [9.17, 15) is 5.11 Å². The molecule has 0 saturated heterocycles. The summed E-state index contributed by atoms with van der Waals surface area (Å²) < 4.78 is 0. The number of pyridine rings is 1. The SMILES string of the molecule is Nc1cccnc1[O]. The lowest BCUT2D eigenvalue weighted by Crippen LogP contribution is -1.84. The van der Waals surface area contributed by atoms with Crippen LogP contribution in [-0.4, -0.2) is 4.98 Å². The Bertz CT molecular complexity index is 167. The first-order valence-corrected chi connectivity index (χ1v) is 2.18. The first-order chi connectivity index (χ1) is 3.80. The molecule has 1 aromatic rings. The minimum atomic E-state index is -0.354. The van der Waals surface area contributed by atoms with Gasteiger partial charge in [-0.05, 0) is 12.1 Å². The Kier molecular flexibility index (Phi) is 1.04. The van der Waals surface area contributed by atoms with Crippen LogP contribution >= 0.6 is 0 Å². The zero-order valence-electron chi connectivity index (χ0n) is 4.16. The maximum Gasteiger partial charge on any atom is 0.292 e. The number of hydrogen-bond acceptors (Lipinski definition) is 2. The van der Waals surface area contributed by atoms with Crippen LogP contribution in [0.5, 0.6) is 5.88 Å². The average Bonchev–Trinajstić information content (AvgIpc) is 1.77. The van der Waals surface area contributed by atoms with Crippen molar-refractivity contribution >= 4 is 5.69 Å². The van der Waals surface area contributed by atoms with E-state index in [-0.39, 0.29) is 11.6 Å². The molecule has 0 bridgehead atoms.